The van der Waals surface area contributed by atoms with Gasteiger partial charge in [-0.05, 0) is 43.3 Å². The molecule has 3 rings (SSSR count). The molecule has 0 unspecified atom stereocenters. The van der Waals surface area contributed by atoms with E-state index in [2.05, 4.69) is 17.0 Å². The maximum Gasteiger partial charge on any atom is 0.184 e. The smallest absolute Gasteiger partial charge is 0.184 e. The number of aryl methyl sites for hydroxylation is 3. The SMILES string of the molecule is CCCc1nn(C)c2c1[nH]c(=S)n2-c1ccc(C)cc1F. The highest BCUT2D eigenvalue weighted by atomic mass is 32.1. The molecular formula is C15H17FN4S. The number of nitrogens with zero attached hydrogens (tertiary/aromatic N) is 3. The Morgan fingerprint density at radius 1 is 1.38 bits per heavy atom. The van der Waals surface area contributed by atoms with Crippen LogP contribution < -0.4 is 0 Å². The van der Waals surface area contributed by atoms with Crippen LogP contribution in [0.1, 0.15) is 24.6 Å². The van der Waals surface area contributed by atoms with E-state index in [1.54, 1.807) is 15.3 Å². The van der Waals surface area contributed by atoms with Gasteiger partial charge in [0.15, 0.2) is 10.4 Å². The van der Waals surface area contributed by atoms with Gasteiger partial charge in [-0.2, -0.15) is 5.10 Å². The van der Waals surface area contributed by atoms with E-state index in [9.17, 15) is 4.39 Å². The lowest BCUT2D eigenvalue weighted by Crippen LogP contribution is -2.03. The zero-order valence-corrected chi connectivity index (χ0v) is 13.1. The van der Waals surface area contributed by atoms with Crippen LogP contribution in [0.2, 0.25) is 0 Å². The first-order valence-electron chi connectivity index (χ1n) is 6.96. The van der Waals surface area contributed by atoms with Crippen molar-refractivity contribution in [2.75, 3.05) is 0 Å². The van der Waals surface area contributed by atoms with Crippen LogP contribution in [0.4, 0.5) is 4.39 Å². The Hall–Kier alpha value is -1.95. The summed E-state index contributed by atoms with van der Waals surface area (Å²) in [5.41, 5.74) is 3.98. The highest BCUT2D eigenvalue weighted by molar-refractivity contribution is 7.71. The number of aromatic nitrogens is 4. The Morgan fingerprint density at radius 2 is 2.14 bits per heavy atom. The van der Waals surface area contributed by atoms with Gasteiger partial charge in [0.25, 0.3) is 0 Å². The standard InChI is InChI=1S/C15H17FN4S/c1-4-5-11-13-14(19(3)18-11)20(15(21)17-13)12-7-6-9(2)8-10(12)16/h6-8H,4-5H2,1-3H3,(H,17,21). The summed E-state index contributed by atoms with van der Waals surface area (Å²) in [7, 11) is 1.85. The number of benzene rings is 1. The summed E-state index contributed by atoms with van der Waals surface area (Å²) in [6.45, 7) is 3.97. The van der Waals surface area contributed by atoms with Crippen molar-refractivity contribution in [2.45, 2.75) is 26.7 Å². The normalized spacial score (nSPS) is 11.4. The van der Waals surface area contributed by atoms with E-state index in [4.69, 9.17) is 12.2 Å². The second-order valence-electron chi connectivity index (χ2n) is 5.24. The Kier molecular flexibility index (Phi) is 3.41. The lowest BCUT2D eigenvalue weighted by Gasteiger charge is -2.07. The molecule has 1 N–H and O–H groups in total. The number of nitrogens with one attached hydrogen (secondary N) is 1. The molecule has 0 atom stereocenters. The molecule has 0 saturated carbocycles. The molecule has 110 valence electrons. The summed E-state index contributed by atoms with van der Waals surface area (Å²) in [6, 6.07) is 5.14. The molecule has 0 spiro atoms. The number of hydrogen-bond acceptors (Lipinski definition) is 2. The zero-order valence-electron chi connectivity index (χ0n) is 12.3. The number of halogens is 1. The largest absolute Gasteiger partial charge is 0.327 e. The molecule has 0 bridgehead atoms. The second kappa shape index (κ2) is 5.11. The molecule has 0 aliphatic carbocycles. The minimum Gasteiger partial charge on any atom is -0.327 e. The summed E-state index contributed by atoms with van der Waals surface area (Å²) < 4.78 is 18.3. The van der Waals surface area contributed by atoms with E-state index >= 15 is 0 Å². The van der Waals surface area contributed by atoms with Gasteiger partial charge in [-0.25, -0.2) is 9.07 Å². The Morgan fingerprint density at radius 3 is 2.81 bits per heavy atom. The fraction of sp³-hybridized carbons (Fsp3) is 0.333. The van der Waals surface area contributed by atoms with Gasteiger partial charge >= 0.3 is 0 Å². The fourth-order valence-corrected chi connectivity index (χ4v) is 2.93. The summed E-state index contributed by atoms with van der Waals surface area (Å²) >= 11 is 5.38. The molecule has 0 saturated heterocycles. The predicted octanol–water partition coefficient (Wildman–Crippen LogP) is 3.82. The minimum absolute atomic E-state index is 0.287. The van der Waals surface area contributed by atoms with Crippen molar-refractivity contribution >= 4 is 23.4 Å². The molecule has 3 aromatic rings. The van der Waals surface area contributed by atoms with E-state index in [0.717, 1.165) is 35.3 Å². The summed E-state index contributed by atoms with van der Waals surface area (Å²) in [5.74, 6) is -0.287. The second-order valence-corrected chi connectivity index (χ2v) is 5.63. The van der Waals surface area contributed by atoms with Crippen molar-refractivity contribution in [1.82, 2.24) is 19.3 Å². The highest BCUT2D eigenvalue weighted by Gasteiger charge is 2.17. The van der Waals surface area contributed by atoms with Crippen molar-refractivity contribution in [3.8, 4) is 5.69 Å². The number of hydrogen-bond donors (Lipinski definition) is 1. The third-order valence-corrected chi connectivity index (χ3v) is 3.85. The number of aromatic amines is 1. The molecule has 1 aromatic carbocycles. The van der Waals surface area contributed by atoms with Crippen LogP contribution >= 0.6 is 12.2 Å². The maximum absolute atomic E-state index is 14.3. The molecule has 0 aliphatic heterocycles. The summed E-state index contributed by atoms with van der Waals surface area (Å²) in [4.78, 5) is 3.17. The number of fused-ring (bicyclic) bond motifs is 1. The number of imidazole rings is 1. The van der Waals surface area contributed by atoms with Crippen molar-refractivity contribution in [2.24, 2.45) is 7.05 Å². The van der Waals surface area contributed by atoms with E-state index in [1.165, 1.54) is 6.07 Å². The first-order chi connectivity index (χ1) is 10.0. The molecule has 4 nitrogen and oxygen atoms in total. The molecule has 6 heteroatoms. The first-order valence-corrected chi connectivity index (χ1v) is 7.37. The molecule has 0 radical (unpaired) electrons. The predicted molar refractivity (Wildman–Crippen MR) is 83.9 cm³/mol. The van der Waals surface area contributed by atoms with Crippen molar-refractivity contribution in [1.29, 1.82) is 0 Å². The van der Waals surface area contributed by atoms with E-state index in [1.807, 2.05) is 20.0 Å². The van der Waals surface area contributed by atoms with Gasteiger partial charge < -0.3 is 4.98 Å². The molecule has 0 fully saturated rings. The third-order valence-electron chi connectivity index (χ3n) is 3.57. The van der Waals surface area contributed by atoms with Gasteiger partial charge in [0.05, 0.1) is 11.4 Å². The summed E-state index contributed by atoms with van der Waals surface area (Å²) in [6.07, 6.45) is 1.86. The molecule has 2 heterocycles. The lowest BCUT2D eigenvalue weighted by atomic mass is 10.2. The first kappa shape index (κ1) is 14.0. The topological polar surface area (TPSA) is 38.5 Å². The van der Waals surface area contributed by atoms with Gasteiger partial charge in [0.2, 0.25) is 0 Å². The van der Waals surface area contributed by atoms with Gasteiger partial charge in [0.1, 0.15) is 11.3 Å². The highest BCUT2D eigenvalue weighted by Crippen LogP contribution is 2.24. The Bertz CT molecular complexity index is 872. The third kappa shape index (κ3) is 2.19. The van der Waals surface area contributed by atoms with Crippen LogP contribution in [-0.2, 0) is 13.5 Å². The number of H-pyrrole nitrogens is 1. The fourth-order valence-electron chi connectivity index (χ4n) is 2.64. The molecule has 2 aromatic heterocycles. The molecule has 0 amide bonds. The van der Waals surface area contributed by atoms with E-state index < -0.39 is 0 Å². The molecule has 21 heavy (non-hydrogen) atoms. The summed E-state index contributed by atoms with van der Waals surface area (Å²) in [5, 5.41) is 4.51. The quantitative estimate of drug-likeness (QED) is 0.747. The lowest BCUT2D eigenvalue weighted by molar-refractivity contribution is 0.615. The van der Waals surface area contributed by atoms with Crippen LogP contribution in [0.3, 0.4) is 0 Å². The van der Waals surface area contributed by atoms with Crippen molar-refractivity contribution in [3.63, 3.8) is 0 Å². The van der Waals surface area contributed by atoms with Crippen LogP contribution in [0.25, 0.3) is 16.9 Å². The average molecular weight is 304 g/mol. The van der Waals surface area contributed by atoms with Crippen molar-refractivity contribution in [3.05, 3.63) is 40.0 Å². The zero-order chi connectivity index (χ0) is 15.1. The van der Waals surface area contributed by atoms with Crippen LogP contribution in [0.15, 0.2) is 18.2 Å². The van der Waals surface area contributed by atoms with Gasteiger partial charge in [0, 0.05) is 7.05 Å². The Balaban J connectivity index is 2.32. The molecular weight excluding hydrogens is 287 g/mol. The van der Waals surface area contributed by atoms with Crippen LogP contribution in [-0.4, -0.2) is 19.3 Å². The average Bonchev–Trinajstić information content (AvgIpc) is 2.89. The Labute approximate surface area is 127 Å². The monoisotopic (exact) mass is 304 g/mol. The van der Waals surface area contributed by atoms with Crippen LogP contribution in [0.5, 0.6) is 0 Å². The minimum atomic E-state index is -0.287. The maximum atomic E-state index is 14.3. The molecule has 0 aliphatic rings. The van der Waals surface area contributed by atoms with Gasteiger partial charge in [-0.3, -0.25) is 4.57 Å². The van der Waals surface area contributed by atoms with E-state index in [0.29, 0.717) is 10.5 Å². The van der Waals surface area contributed by atoms with E-state index in [-0.39, 0.29) is 5.82 Å². The van der Waals surface area contributed by atoms with Crippen LogP contribution in [0, 0.1) is 17.5 Å². The van der Waals surface area contributed by atoms with Gasteiger partial charge in [-0.1, -0.05) is 19.4 Å². The van der Waals surface area contributed by atoms with Gasteiger partial charge in [-0.15, -0.1) is 0 Å². The number of rotatable bonds is 3. The van der Waals surface area contributed by atoms with Crippen molar-refractivity contribution < 1.29 is 4.39 Å².